The lowest BCUT2D eigenvalue weighted by molar-refractivity contribution is -0.121. The van der Waals surface area contributed by atoms with E-state index in [0.717, 1.165) is 43.7 Å². The lowest BCUT2D eigenvalue weighted by atomic mass is 10.2. The molecule has 7 nitrogen and oxygen atoms in total. The van der Waals surface area contributed by atoms with E-state index in [9.17, 15) is 9.59 Å². The van der Waals surface area contributed by atoms with Crippen molar-refractivity contribution < 1.29 is 9.59 Å². The van der Waals surface area contributed by atoms with Crippen molar-refractivity contribution in [3.63, 3.8) is 0 Å². The molecule has 2 aliphatic rings. The largest absolute Gasteiger partial charge is 0.353 e. The SMILES string of the molecule is Cn1cccc1C(=O)N1CCCn2nc(CCC(=O)NC3CC3)cc2C1. The second-order valence-corrected chi connectivity index (χ2v) is 7.28. The molecule has 0 bridgehead atoms. The van der Waals surface area contributed by atoms with Crippen LogP contribution >= 0.6 is 0 Å². The number of nitrogens with one attached hydrogen (secondary N) is 1. The maximum absolute atomic E-state index is 12.8. The number of hydrogen-bond acceptors (Lipinski definition) is 3. The van der Waals surface area contributed by atoms with Gasteiger partial charge in [-0.2, -0.15) is 5.10 Å². The zero-order chi connectivity index (χ0) is 18.1. The van der Waals surface area contributed by atoms with Crippen molar-refractivity contribution in [2.24, 2.45) is 7.05 Å². The Hall–Kier alpha value is -2.57. The minimum absolute atomic E-state index is 0.0533. The third kappa shape index (κ3) is 3.66. The predicted molar refractivity (Wildman–Crippen MR) is 96.5 cm³/mol. The summed E-state index contributed by atoms with van der Waals surface area (Å²) in [4.78, 5) is 26.6. The van der Waals surface area contributed by atoms with Crippen molar-refractivity contribution >= 4 is 11.8 Å². The van der Waals surface area contributed by atoms with Crippen LogP contribution in [-0.4, -0.2) is 43.6 Å². The number of nitrogens with zero attached hydrogens (tertiary/aromatic N) is 4. The summed E-state index contributed by atoms with van der Waals surface area (Å²) in [5.41, 5.74) is 2.68. The lowest BCUT2D eigenvalue weighted by Crippen LogP contribution is -2.31. The van der Waals surface area contributed by atoms with E-state index in [1.807, 2.05) is 45.6 Å². The molecule has 4 rings (SSSR count). The highest BCUT2D eigenvalue weighted by atomic mass is 16.2. The number of hydrogen-bond donors (Lipinski definition) is 1. The molecule has 2 amide bonds. The molecule has 3 heterocycles. The average molecular weight is 355 g/mol. The van der Waals surface area contributed by atoms with Gasteiger partial charge >= 0.3 is 0 Å². The standard InChI is InChI=1S/C19H25N5O2/c1-22-9-2-4-17(22)19(26)23-10-3-11-24-16(13-23)12-15(21-24)7-8-18(25)20-14-5-6-14/h2,4,9,12,14H,3,5-8,10-11,13H2,1H3,(H,20,25). The van der Waals surface area contributed by atoms with Crippen LogP contribution in [0.1, 0.15) is 47.6 Å². The van der Waals surface area contributed by atoms with E-state index in [2.05, 4.69) is 10.4 Å². The molecule has 1 fully saturated rings. The summed E-state index contributed by atoms with van der Waals surface area (Å²) < 4.78 is 3.85. The summed E-state index contributed by atoms with van der Waals surface area (Å²) in [6, 6.07) is 6.19. The molecule has 7 heteroatoms. The molecule has 0 saturated heterocycles. The van der Waals surface area contributed by atoms with Gasteiger partial charge in [0.2, 0.25) is 5.91 Å². The molecular formula is C19H25N5O2. The van der Waals surface area contributed by atoms with Gasteiger partial charge in [0, 0.05) is 45.2 Å². The molecule has 138 valence electrons. The minimum atomic E-state index is 0.0533. The first-order valence-electron chi connectivity index (χ1n) is 9.36. The summed E-state index contributed by atoms with van der Waals surface area (Å²) in [7, 11) is 1.89. The van der Waals surface area contributed by atoms with Crippen LogP contribution in [-0.2, 0) is 31.4 Å². The van der Waals surface area contributed by atoms with Gasteiger partial charge in [0.25, 0.3) is 5.91 Å². The van der Waals surface area contributed by atoms with Crippen LogP contribution in [0.3, 0.4) is 0 Å². The fourth-order valence-corrected chi connectivity index (χ4v) is 3.43. The Bertz CT molecular complexity index is 818. The quantitative estimate of drug-likeness (QED) is 0.883. The zero-order valence-electron chi connectivity index (χ0n) is 15.1. The van der Waals surface area contributed by atoms with Crippen molar-refractivity contribution in [3.8, 4) is 0 Å². The Morgan fingerprint density at radius 1 is 1.31 bits per heavy atom. The summed E-state index contributed by atoms with van der Waals surface area (Å²) in [6.07, 6.45) is 6.10. The van der Waals surface area contributed by atoms with Gasteiger partial charge in [-0.05, 0) is 37.5 Å². The van der Waals surface area contributed by atoms with E-state index >= 15 is 0 Å². The smallest absolute Gasteiger partial charge is 0.270 e. The van der Waals surface area contributed by atoms with Crippen LogP contribution in [0, 0.1) is 0 Å². The van der Waals surface area contributed by atoms with Crippen LogP contribution in [0.2, 0.25) is 0 Å². The van der Waals surface area contributed by atoms with Gasteiger partial charge in [-0.25, -0.2) is 0 Å². The van der Waals surface area contributed by atoms with E-state index < -0.39 is 0 Å². The Labute approximate surface area is 153 Å². The summed E-state index contributed by atoms with van der Waals surface area (Å²) in [6.45, 7) is 2.10. The molecule has 2 aromatic rings. The topological polar surface area (TPSA) is 72.2 Å². The molecule has 1 aliphatic carbocycles. The Kier molecular flexibility index (Phi) is 4.53. The Balaban J connectivity index is 1.41. The van der Waals surface area contributed by atoms with Gasteiger partial charge in [0.1, 0.15) is 5.69 Å². The third-order valence-electron chi connectivity index (χ3n) is 5.07. The number of rotatable bonds is 5. The highest BCUT2D eigenvalue weighted by molar-refractivity contribution is 5.92. The van der Waals surface area contributed by atoms with Crippen LogP contribution < -0.4 is 5.32 Å². The summed E-state index contributed by atoms with van der Waals surface area (Å²) in [5, 5.41) is 7.66. The predicted octanol–water partition coefficient (Wildman–Crippen LogP) is 1.48. The first kappa shape index (κ1) is 16.9. The molecular weight excluding hydrogens is 330 g/mol. The maximum atomic E-state index is 12.8. The molecule has 0 atom stereocenters. The van der Waals surface area contributed by atoms with E-state index in [1.165, 1.54) is 0 Å². The highest BCUT2D eigenvalue weighted by Gasteiger charge is 2.24. The average Bonchev–Trinajstić information content (AvgIpc) is 3.26. The second kappa shape index (κ2) is 6.97. The van der Waals surface area contributed by atoms with Gasteiger partial charge in [-0.1, -0.05) is 0 Å². The number of carbonyl (C=O) groups is 2. The van der Waals surface area contributed by atoms with Gasteiger partial charge in [-0.3, -0.25) is 14.3 Å². The number of aryl methyl sites for hydroxylation is 3. The van der Waals surface area contributed by atoms with Gasteiger partial charge < -0.3 is 14.8 Å². The van der Waals surface area contributed by atoms with Crippen molar-refractivity contribution in [1.82, 2.24) is 24.6 Å². The monoisotopic (exact) mass is 355 g/mol. The van der Waals surface area contributed by atoms with E-state index in [4.69, 9.17) is 0 Å². The van der Waals surface area contributed by atoms with Gasteiger partial charge in [-0.15, -0.1) is 0 Å². The highest BCUT2D eigenvalue weighted by Crippen LogP contribution is 2.19. The molecule has 0 aromatic carbocycles. The van der Waals surface area contributed by atoms with E-state index in [0.29, 0.717) is 31.1 Å². The molecule has 0 unspecified atom stereocenters. The molecule has 0 radical (unpaired) electrons. The molecule has 1 aliphatic heterocycles. The first-order valence-corrected chi connectivity index (χ1v) is 9.36. The normalized spacial score (nSPS) is 16.9. The second-order valence-electron chi connectivity index (χ2n) is 7.28. The van der Waals surface area contributed by atoms with Gasteiger partial charge in [0.15, 0.2) is 0 Å². The van der Waals surface area contributed by atoms with Crippen LogP contribution in [0.15, 0.2) is 24.4 Å². The molecule has 2 aromatic heterocycles. The van der Waals surface area contributed by atoms with Crippen molar-refractivity contribution in [3.05, 3.63) is 41.5 Å². The van der Waals surface area contributed by atoms with Crippen molar-refractivity contribution in [2.75, 3.05) is 6.54 Å². The minimum Gasteiger partial charge on any atom is -0.353 e. The fraction of sp³-hybridized carbons (Fsp3) is 0.526. The number of carbonyl (C=O) groups excluding carboxylic acids is 2. The molecule has 26 heavy (non-hydrogen) atoms. The number of amides is 2. The van der Waals surface area contributed by atoms with Crippen LogP contribution in [0.4, 0.5) is 0 Å². The Morgan fingerprint density at radius 3 is 2.88 bits per heavy atom. The number of aromatic nitrogens is 3. The summed E-state index contributed by atoms with van der Waals surface area (Å²) >= 11 is 0. The van der Waals surface area contributed by atoms with Gasteiger partial charge in [0.05, 0.1) is 17.9 Å². The van der Waals surface area contributed by atoms with Crippen molar-refractivity contribution in [2.45, 2.75) is 51.2 Å². The number of fused-ring (bicyclic) bond motifs is 1. The lowest BCUT2D eigenvalue weighted by Gasteiger charge is -2.20. The van der Waals surface area contributed by atoms with Crippen molar-refractivity contribution in [1.29, 1.82) is 0 Å². The fourth-order valence-electron chi connectivity index (χ4n) is 3.43. The molecule has 1 saturated carbocycles. The van der Waals surface area contributed by atoms with Crippen LogP contribution in [0.5, 0.6) is 0 Å². The van der Waals surface area contributed by atoms with E-state index in [1.54, 1.807) is 0 Å². The molecule has 0 spiro atoms. The van der Waals surface area contributed by atoms with E-state index in [-0.39, 0.29) is 11.8 Å². The Morgan fingerprint density at radius 2 is 2.15 bits per heavy atom. The van der Waals surface area contributed by atoms with Crippen LogP contribution in [0.25, 0.3) is 0 Å². The first-order chi connectivity index (χ1) is 12.6. The third-order valence-corrected chi connectivity index (χ3v) is 5.07. The summed E-state index contributed by atoms with van der Waals surface area (Å²) in [5.74, 6) is 0.161. The zero-order valence-corrected chi connectivity index (χ0v) is 15.1. The molecule has 1 N–H and O–H groups in total. The maximum Gasteiger partial charge on any atom is 0.270 e.